The molecule has 4 rings (SSSR count). The van der Waals surface area contributed by atoms with Gasteiger partial charge in [0.05, 0.1) is 21.6 Å². The molecule has 3 aromatic carbocycles. The van der Waals surface area contributed by atoms with Crippen LogP contribution in [0, 0.1) is 10.5 Å². The fraction of sp³-hybridized carbons (Fsp3) is 0.207. The number of hydrogen-bond acceptors (Lipinski definition) is 7. The summed E-state index contributed by atoms with van der Waals surface area (Å²) < 4.78 is 18.0. The predicted octanol–water partition coefficient (Wildman–Crippen LogP) is 6.13. The van der Waals surface area contributed by atoms with Crippen LogP contribution in [-0.4, -0.2) is 48.3 Å². The Hall–Kier alpha value is -3.51. The number of anilines is 1. The van der Waals surface area contributed by atoms with E-state index in [1.54, 1.807) is 24.3 Å². The highest BCUT2D eigenvalue weighted by Gasteiger charge is 2.35. The molecule has 1 aliphatic heterocycles. The number of halogens is 1. The van der Waals surface area contributed by atoms with Crippen LogP contribution < -0.4 is 19.5 Å². The molecule has 1 fully saturated rings. The second-order valence-corrected chi connectivity index (χ2v) is 10.6. The number of imide groups is 1. The number of carbonyl (C=O) groups excluding carboxylic acids is 3. The SMILES string of the molecule is CCOc1cc(/C=C2\SC(=O)N(CCOc3ccc(C)cc3)C2=O)cc(I)c1OCC(=O)Nc1ccccc1. The lowest BCUT2D eigenvalue weighted by molar-refractivity contribution is -0.123. The van der Waals surface area contributed by atoms with Gasteiger partial charge < -0.3 is 19.5 Å². The molecular weight excluding hydrogens is 631 g/mol. The van der Waals surface area contributed by atoms with Crippen molar-refractivity contribution < 1.29 is 28.6 Å². The molecule has 3 aromatic rings. The van der Waals surface area contributed by atoms with Crippen molar-refractivity contribution in [2.75, 3.05) is 31.7 Å². The Bertz CT molecular complexity index is 1380. The van der Waals surface area contributed by atoms with Gasteiger partial charge in [-0.3, -0.25) is 19.3 Å². The van der Waals surface area contributed by atoms with Crippen LogP contribution in [0.1, 0.15) is 18.1 Å². The molecule has 10 heteroatoms. The Morgan fingerprint density at radius 3 is 2.49 bits per heavy atom. The van der Waals surface area contributed by atoms with E-state index in [1.807, 2.05) is 62.4 Å². The fourth-order valence-electron chi connectivity index (χ4n) is 3.66. The Labute approximate surface area is 244 Å². The Balaban J connectivity index is 1.41. The third-order valence-corrected chi connectivity index (χ3v) is 7.22. The maximum Gasteiger partial charge on any atom is 0.293 e. The molecule has 3 amide bonds. The molecule has 0 bridgehead atoms. The first kappa shape index (κ1) is 28.5. The summed E-state index contributed by atoms with van der Waals surface area (Å²) in [5.74, 6) is 0.876. The van der Waals surface area contributed by atoms with Gasteiger partial charge >= 0.3 is 0 Å². The summed E-state index contributed by atoms with van der Waals surface area (Å²) in [6.07, 6.45) is 1.66. The van der Waals surface area contributed by atoms with Gasteiger partial charge in [-0.25, -0.2) is 0 Å². The van der Waals surface area contributed by atoms with Crippen LogP contribution in [-0.2, 0) is 9.59 Å². The molecule has 1 N–H and O–H groups in total. The average Bonchev–Trinajstić information content (AvgIpc) is 3.17. The summed E-state index contributed by atoms with van der Waals surface area (Å²) in [6.45, 7) is 4.36. The lowest BCUT2D eigenvalue weighted by atomic mass is 10.2. The molecule has 0 saturated carbocycles. The molecule has 8 nitrogen and oxygen atoms in total. The smallest absolute Gasteiger partial charge is 0.293 e. The maximum absolute atomic E-state index is 13.0. The van der Waals surface area contributed by atoms with E-state index in [9.17, 15) is 14.4 Å². The molecule has 0 unspecified atom stereocenters. The number of aryl methyl sites for hydroxylation is 1. The predicted molar refractivity (Wildman–Crippen MR) is 160 cm³/mol. The molecule has 0 atom stereocenters. The number of ether oxygens (including phenoxy) is 3. The molecule has 0 spiro atoms. The van der Waals surface area contributed by atoms with E-state index in [1.165, 1.54) is 4.90 Å². The van der Waals surface area contributed by atoms with Crippen molar-refractivity contribution >= 4 is 63.2 Å². The van der Waals surface area contributed by atoms with Crippen LogP contribution in [0.3, 0.4) is 0 Å². The molecule has 0 radical (unpaired) electrons. The van der Waals surface area contributed by atoms with Gasteiger partial charge in [-0.1, -0.05) is 35.9 Å². The topological polar surface area (TPSA) is 94.2 Å². The van der Waals surface area contributed by atoms with Gasteiger partial charge in [0.15, 0.2) is 18.1 Å². The van der Waals surface area contributed by atoms with Gasteiger partial charge in [0.2, 0.25) is 0 Å². The zero-order valence-corrected chi connectivity index (χ0v) is 24.4. The van der Waals surface area contributed by atoms with Gasteiger partial charge in [-0.15, -0.1) is 0 Å². The minimum absolute atomic E-state index is 0.148. The highest BCUT2D eigenvalue weighted by Crippen LogP contribution is 2.37. The van der Waals surface area contributed by atoms with Gasteiger partial charge in [0, 0.05) is 5.69 Å². The van der Waals surface area contributed by atoms with Crippen LogP contribution in [0.4, 0.5) is 10.5 Å². The summed E-state index contributed by atoms with van der Waals surface area (Å²) in [5, 5.41) is 2.43. The molecule has 1 aliphatic rings. The number of para-hydroxylation sites is 1. The largest absolute Gasteiger partial charge is 0.492 e. The third kappa shape index (κ3) is 7.76. The second kappa shape index (κ2) is 13.5. The van der Waals surface area contributed by atoms with Crippen molar-refractivity contribution in [3.05, 3.63) is 86.3 Å². The summed E-state index contributed by atoms with van der Waals surface area (Å²) in [5.41, 5.74) is 2.47. The summed E-state index contributed by atoms with van der Waals surface area (Å²) >= 11 is 2.98. The highest BCUT2D eigenvalue weighted by molar-refractivity contribution is 14.1. The fourth-order valence-corrected chi connectivity index (χ4v) is 5.31. The van der Waals surface area contributed by atoms with Crippen molar-refractivity contribution in [3.8, 4) is 17.2 Å². The normalized spacial score (nSPS) is 14.0. The van der Waals surface area contributed by atoms with E-state index in [2.05, 4.69) is 27.9 Å². The Kier molecular flexibility index (Phi) is 9.88. The number of hydrogen-bond donors (Lipinski definition) is 1. The molecule has 1 saturated heterocycles. The Morgan fingerprint density at radius 1 is 1.03 bits per heavy atom. The first-order valence-corrected chi connectivity index (χ1v) is 14.1. The maximum atomic E-state index is 13.0. The molecular formula is C29H27IN2O6S. The summed E-state index contributed by atoms with van der Waals surface area (Å²) in [6, 6.07) is 20.2. The minimum Gasteiger partial charge on any atom is -0.492 e. The van der Waals surface area contributed by atoms with Crippen LogP contribution in [0.5, 0.6) is 17.2 Å². The highest BCUT2D eigenvalue weighted by atomic mass is 127. The van der Waals surface area contributed by atoms with E-state index < -0.39 is 0 Å². The van der Waals surface area contributed by atoms with Crippen molar-refractivity contribution in [2.24, 2.45) is 0 Å². The first-order valence-electron chi connectivity index (χ1n) is 12.2. The minimum atomic E-state index is -0.372. The third-order valence-electron chi connectivity index (χ3n) is 5.51. The quantitative estimate of drug-likeness (QED) is 0.196. The van der Waals surface area contributed by atoms with E-state index in [-0.39, 0.29) is 36.8 Å². The van der Waals surface area contributed by atoms with Crippen LogP contribution in [0.25, 0.3) is 6.08 Å². The second-order valence-electron chi connectivity index (χ2n) is 8.46. The van der Waals surface area contributed by atoms with E-state index >= 15 is 0 Å². The molecule has 39 heavy (non-hydrogen) atoms. The van der Waals surface area contributed by atoms with Crippen LogP contribution in [0.15, 0.2) is 71.6 Å². The average molecular weight is 659 g/mol. The van der Waals surface area contributed by atoms with Crippen molar-refractivity contribution in [1.82, 2.24) is 4.90 Å². The number of thioether (sulfide) groups is 1. The molecule has 0 aromatic heterocycles. The van der Waals surface area contributed by atoms with Gasteiger partial charge in [-0.2, -0.15) is 0 Å². The summed E-state index contributed by atoms with van der Waals surface area (Å²) in [7, 11) is 0. The zero-order valence-electron chi connectivity index (χ0n) is 21.4. The monoisotopic (exact) mass is 658 g/mol. The van der Waals surface area contributed by atoms with Crippen LogP contribution in [0.2, 0.25) is 0 Å². The van der Waals surface area contributed by atoms with Gasteiger partial charge in [-0.05, 0) is 96.2 Å². The van der Waals surface area contributed by atoms with Crippen LogP contribution >= 0.6 is 34.4 Å². The zero-order chi connectivity index (χ0) is 27.8. The number of nitrogens with one attached hydrogen (secondary N) is 1. The van der Waals surface area contributed by atoms with Crippen molar-refractivity contribution in [3.63, 3.8) is 0 Å². The molecule has 0 aliphatic carbocycles. The van der Waals surface area contributed by atoms with E-state index in [4.69, 9.17) is 14.2 Å². The van der Waals surface area contributed by atoms with E-state index in [0.29, 0.717) is 43.6 Å². The lowest BCUT2D eigenvalue weighted by Gasteiger charge is -2.15. The van der Waals surface area contributed by atoms with Gasteiger partial charge in [0.25, 0.3) is 17.1 Å². The van der Waals surface area contributed by atoms with Gasteiger partial charge in [0.1, 0.15) is 12.4 Å². The van der Waals surface area contributed by atoms with Crippen molar-refractivity contribution in [1.29, 1.82) is 0 Å². The standard InChI is InChI=1S/C29H27IN2O6S/c1-3-36-24-16-20(15-23(30)27(24)38-18-26(33)31-21-7-5-4-6-8-21)17-25-28(34)32(29(35)39-25)13-14-37-22-11-9-19(2)10-12-22/h4-12,15-17H,3,13-14,18H2,1-2H3,(H,31,33)/b25-17-. The van der Waals surface area contributed by atoms with Crippen molar-refractivity contribution in [2.45, 2.75) is 13.8 Å². The molecule has 1 heterocycles. The number of amides is 3. The number of benzene rings is 3. The number of nitrogens with zero attached hydrogens (tertiary/aromatic N) is 1. The molecule has 202 valence electrons. The lowest BCUT2D eigenvalue weighted by Crippen LogP contribution is -2.32. The first-order chi connectivity index (χ1) is 18.8. The summed E-state index contributed by atoms with van der Waals surface area (Å²) in [4.78, 5) is 39.3. The Morgan fingerprint density at radius 2 is 1.77 bits per heavy atom. The number of carbonyl (C=O) groups is 3. The number of rotatable bonds is 11. The van der Waals surface area contributed by atoms with E-state index in [0.717, 1.165) is 17.3 Å².